The van der Waals surface area contributed by atoms with E-state index in [4.69, 9.17) is 5.11 Å². The summed E-state index contributed by atoms with van der Waals surface area (Å²) in [4.78, 5) is 25.1. The van der Waals surface area contributed by atoms with Gasteiger partial charge in [0.25, 0.3) is 0 Å². The van der Waals surface area contributed by atoms with Gasteiger partial charge in [-0.1, -0.05) is 42.5 Å². The molecule has 0 spiro atoms. The van der Waals surface area contributed by atoms with Crippen molar-refractivity contribution in [3.8, 4) is 10.4 Å². The normalized spacial score (nSPS) is 10.4. The zero-order valence-electron chi connectivity index (χ0n) is 11.5. The number of aromatic carboxylic acids is 1. The van der Waals surface area contributed by atoms with E-state index in [2.05, 4.69) is 0 Å². The lowest BCUT2D eigenvalue weighted by Crippen LogP contribution is -2.02. The summed E-state index contributed by atoms with van der Waals surface area (Å²) in [5.74, 6) is -1.19. The Labute approximate surface area is 131 Å². The number of carboxylic acid groups (broad SMARTS) is 1. The Hall–Kier alpha value is -2.72. The summed E-state index contributed by atoms with van der Waals surface area (Å²) in [5, 5.41) is 9.01. The van der Waals surface area contributed by atoms with Crippen LogP contribution in [-0.4, -0.2) is 16.9 Å². The smallest absolute Gasteiger partial charge is 0.335 e. The third-order valence-corrected chi connectivity index (χ3v) is 4.39. The van der Waals surface area contributed by atoms with Crippen LogP contribution < -0.4 is 0 Å². The van der Waals surface area contributed by atoms with E-state index in [9.17, 15) is 9.59 Å². The lowest BCUT2D eigenvalue weighted by atomic mass is 10.1. The molecule has 22 heavy (non-hydrogen) atoms. The van der Waals surface area contributed by atoms with Crippen LogP contribution in [0.1, 0.15) is 25.6 Å². The van der Waals surface area contributed by atoms with Gasteiger partial charge in [-0.2, -0.15) is 0 Å². The van der Waals surface area contributed by atoms with Crippen LogP contribution in [0.25, 0.3) is 10.4 Å². The number of carbonyl (C=O) groups excluding carboxylic acids is 1. The molecule has 3 nitrogen and oxygen atoms in total. The molecule has 1 N–H and O–H groups in total. The molecule has 0 unspecified atom stereocenters. The number of hydrogen-bond donors (Lipinski definition) is 1. The second-order valence-corrected chi connectivity index (χ2v) is 5.83. The van der Waals surface area contributed by atoms with Gasteiger partial charge < -0.3 is 5.11 Å². The Morgan fingerprint density at radius 3 is 2.27 bits per heavy atom. The quantitative estimate of drug-likeness (QED) is 0.729. The fourth-order valence-electron chi connectivity index (χ4n) is 2.15. The van der Waals surface area contributed by atoms with Gasteiger partial charge in [-0.25, -0.2) is 4.79 Å². The van der Waals surface area contributed by atoms with Gasteiger partial charge >= 0.3 is 5.97 Å². The number of benzene rings is 2. The van der Waals surface area contributed by atoms with Crippen molar-refractivity contribution in [3.63, 3.8) is 0 Å². The minimum Gasteiger partial charge on any atom is -0.478 e. The Kier molecular flexibility index (Phi) is 3.85. The Balaban J connectivity index is 1.92. The minimum absolute atomic E-state index is 0.116. The Morgan fingerprint density at radius 1 is 0.818 bits per heavy atom. The van der Waals surface area contributed by atoms with E-state index >= 15 is 0 Å². The molecule has 0 bridgehead atoms. The van der Waals surface area contributed by atoms with E-state index in [1.54, 1.807) is 18.2 Å². The van der Waals surface area contributed by atoms with Crippen molar-refractivity contribution in [2.24, 2.45) is 0 Å². The third-order valence-electron chi connectivity index (χ3n) is 3.26. The standard InChI is InChI=1S/C18H12O3S/c19-17(13-7-4-8-14(11-13)18(20)21)16-10-9-15(22-16)12-5-2-1-3-6-12/h1-11H,(H,20,21). The Morgan fingerprint density at radius 2 is 1.55 bits per heavy atom. The maximum Gasteiger partial charge on any atom is 0.335 e. The monoisotopic (exact) mass is 308 g/mol. The SMILES string of the molecule is O=C(O)c1cccc(C(=O)c2ccc(-c3ccccc3)s2)c1. The summed E-state index contributed by atoms with van der Waals surface area (Å²) < 4.78 is 0. The molecule has 108 valence electrons. The summed E-state index contributed by atoms with van der Waals surface area (Å²) in [5.41, 5.74) is 1.57. The van der Waals surface area contributed by atoms with E-state index in [1.807, 2.05) is 36.4 Å². The van der Waals surface area contributed by atoms with Crippen molar-refractivity contribution in [3.05, 3.63) is 82.7 Å². The second-order valence-electron chi connectivity index (χ2n) is 4.75. The van der Waals surface area contributed by atoms with Crippen molar-refractivity contribution in [2.75, 3.05) is 0 Å². The largest absolute Gasteiger partial charge is 0.478 e. The predicted octanol–water partition coefficient (Wildman–Crippen LogP) is 4.34. The molecular weight excluding hydrogens is 296 g/mol. The van der Waals surface area contributed by atoms with Crippen molar-refractivity contribution >= 4 is 23.1 Å². The van der Waals surface area contributed by atoms with E-state index in [0.29, 0.717) is 10.4 Å². The number of carboxylic acids is 1. The summed E-state index contributed by atoms with van der Waals surface area (Å²) in [6, 6.07) is 19.6. The van der Waals surface area contributed by atoms with Crippen molar-refractivity contribution in [1.29, 1.82) is 0 Å². The van der Waals surface area contributed by atoms with Crippen molar-refractivity contribution < 1.29 is 14.7 Å². The van der Waals surface area contributed by atoms with Crippen LogP contribution in [0.2, 0.25) is 0 Å². The molecule has 0 fully saturated rings. The van der Waals surface area contributed by atoms with Crippen molar-refractivity contribution in [2.45, 2.75) is 0 Å². The number of rotatable bonds is 4. The average molecular weight is 308 g/mol. The molecule has 0 aliphatic heterocycles. The van der Waals surface area contributed by atoms with Gasteiger partial charge in [0.2, 0.25) is 5.78 Å². The highest BCUT2D eigenvalue weighted by Crippen LogP contribution is 2.29. The van der Waals surface area contributed by atoms with E-state index in [-0.39, 0.29) is 11.3 Å². The number of carbonyl (C=O) groups is 2. The highest BCUT2D eigenvalue weighted by Gasteiger charge is 2.14. The maximum absolute atomic E-state index is 12.5. The van der Waals surface area contributed by atoms with Gasteiger partial charge in [-0.3, -0.25) is 4.79 Å². The molecule has 2 aromatic carbocycles. The molecule has 3 aromatic rings. The molecule has 0 aliphatic carbocycles. The highest BCUT2D eigenvalue weighted by molar-refractivity contribution is 7.17. The van der Waals surface area contributed by atoms with Crippen LogP contribution in [0.3, 0.4) is 0 Å². The number of hydrogen-bond acceptors (Lipinski definition) is 3. The Bertz CT molecular complexity index is 834. The maximum atomic E-state index is 12.5. The molecule has 1 aromatic heterocycles. The lowest BCUT2D eigenvalue weighted by molar-refractivity contribution is 0.0697. The van der Waals surface area contributed by atoms with E-state index in [1.165, 1.54) is 23.5 Å². The van der Waals surface area contributed by atoms with Gasteiger partial charge in [0.05, 0.1) is 10.4 Å². The number of thiophene rings is 1. The molecule has 4 heteroatoms. The van der Waals surface area contributed by atoms with Crippen molar-refractivity contribution in [1.82, 2.24) is 0 Å². The first kappa shape index (κ1) is 14.2. The summed E-state index contributed by atoms with van der Waals surface area (Å²) in [6.45, 7) is 0. The molecule has 0 amide bonds. The van der Waals surface area contributed by atoms with Gasteiger partial charge in [-0.15, -0.1) is 11.3 Å². The topological polar surface area (TPSA) is 54.4 Å². The first-order valence-corrected chi connectivity index (χ1v) is 7.50. The van der Waals surface area contributed by atoms with Crippen LogP contribution in [0, 0.1) is 0 Å². The average Bonchev–Trinajstić information content (AvgIpc) is 3.05. The second kappa shape index (κ2) is 5.95. The fourth-order valence-corrected chi connectivity index (χ4v) is 3.13. The first-order valence-electron chi connectivity index (χ1n) is 6.68. The molecule has 3 rings (SSSR count). The van der Waals surface area contributed by atoms with Crippen LogP contribution >= 0.6 is 11.3 Å². The first-order chi connectivity index (χ1) is 10.6. The number of ketones is 1. The van der Waals surface area contributed by atoms with E-state index < -0.39 is 5.97 Å². The van der Waals surface area contributed by atoms with Crippen LogP contribution in [0.5, 0.6) is 0 Å². The summed E-state index contributed by atoms with van der Waals surface area (Å²) in [6.07, 6.45) is 0. The zero-order chi connectivity index (χ0) is 15.5. The lowest BCUT2D eigenvalue weighted by Gasteiger charge is -2.00. The summed E-state index contributed by atoms with van der Waals surface area (Å²) >= 11 is 1.41. The molecule has 1 heterocycles. The molecular formula is C18H12O3S. The van der Waals surface area contributed by atoms with Crippen LogP contribution in [0.4, 0.5) is 0 Å². The predicted molar refractivity (Wildman–Crippen MR) is 86.6 cm³/mol. The van der Waals surface area contributed by atoms with Crippen LogP contribution in [0.15, 0.2) is 66.7 Å². The molecule has 0 saturated carbocycles. The molecule has 0 aliphatic rings. The van der Waals surface area contributed by atoms with Gasteiger partial charge in [0.15, 0.2) is 0 Å². The fraction of sp³-hybridized carbons (Fsp3) is 0. The van der Waals surface area contributed by atoms with Crippen LogP contribution in [-0.2, 0) is 0 Å². The van der Waals surface area contributed by atoms with E-state index in [0.717, 1.165) is 10.4 Å². The minimum atomic E-state index is -1.04. The highest BCUT2D eigenvalue weighted by atomic mass is 32.1. The third kappa shape index (κ3) is 2.82. The van der Waals surface area contributed by atoms with Gasteiger partial charge in [0.1, 0.15) is 0 Å². The molecule has 0 atom stereocenters. The van der Waals surface area contributed by atoms with Gasteiger partial charge in [-0.05, 0) is 29.8 Å². The van der Waals surface area contributed by atoms with Gasteiger partial charge in [0, 0.05) is 10.4 Å². The molecule has 0 saturated heterocycles. The zero-order valence-corrected chi connectivity index (χ0v) is 12.3. The summed E-state index contributed by atoms with van der Waals surface area (Å²) in [7, 11) is 0. The molecule has 0 radical (unpaired) electrons.